The molecule has 1 saturated carbocycles. The molecule has 0 aromatic carbocycles. The highest BCUT2D eigenvalue weighted by molar-refractivity contribution is 14.0. The molecule has 2 aromatic heterocycles. The summed E-state index contributed by atoms with van der Waals surface area (Å²) in [4.78, 5) is 4.12. The summed E-state index contributed by atoms with van der Waals surface area (Å²) in [6.07, 6.45) is 0.0180. The fraction of sp³-hybridized carbons (Fsp3) is 0.588. The molecule has 0 spiro atoms. The maximum absolute atomic E-state index is 12.9. The predicted octanol–water partition coefficient (Wildman–Crippen LogP) is 3.18. The number of alkyl halides is 3. The lowest BCUT2D eigenvalue weighted by Gasteiger charge is -2.31. The van der Waals surface area contributed by atoms with Crippen molar-refractivity contribution in [2.24, 2.45) is 10.9 Å². The standard InChI is InChI=1S/C17H23F3N6.HI/c1-21-16(23-13-6-4-5-12(11-13)17(18,19)20)22-9-8-15-25-24-14-7-2-3-10-26(14)15;/h2-3,7,10,12-13H,4-6,8-9,11H2,1H3,(H2,21,22,23);1H. The van der Waals surface area contributed by atoms with Crippen molar-refractivity contribution in [3.8, 4) is 0 Å². The van der Waals surface area contributed by atoms with Gasteiger partial charge in [-0.1, -0.05) is 12.5 Å². The van der Waals surface area contributed by atoms with Crippen molar-refractivity contribution in [1.29, 1.82) is 0 Å². The quantitative estimate of drug-likeness (QED) is 0.388. The number of nitrogens with one attached hydrogen (secondary N) is 2. The molecule has 3 rings (SSSR count). The van der Waals surface area contributed by atoms with Crippen LogP contribution in [-0.4, -0.2) is 46.4 Å². The number of guanidine groups is 1. The number of fused-ring (bicyclic) bond motifs is 1. The van der Waals surface area contributed by atoms with E-state index in [9.17, 15) is 13.2 Å². The Morgan fingerprint density at radius 1 is 1.30 bits per heavy atom. The minimum atomic E-state index is -4.12. The fourth-order valence-electron chi connectivity index (χ4n) is 3.36. The summed E-state index contributed by atoms with van der Waals surface area (Å²) in [5.41, 5.74) is 0.783. The lowest BCUT2D eigenvalue weighted by Crippen LogP contribution is -2.47. The number of hydrogen-bond acceptors (Lipinski definition) is 3. The third-order valence-corrected chi connectivity index (χ3v) is 4.73. The second kappa shape index (κ2) is 9.56. The molecule has 150 valence electrons. The molecule has 2 aromatic rings. The normalized spacial score (nSPS) is 21.0. The summed E-state index contributed by atoms with van der Waals surface area (Å²) in [6.45, 7) is 0.560. The van der Waals surface area contributed by atoms with E-state index in [2.05, 4.69) is 25.8 Å². The molecule has 0 amide bonds. The van der Waals surface area contributed by atoms with Gasteiger partial charge in [-0.05, 0) is 31.4 Å². The van der Waals surface area contributed by atoms with E-state index in [0.29, 0.717) is 25.3 Å². The van der Waals surface area contributed by atoms with Crippen molar-refractivity contribution < 1.29 is 13.2 Å². The van der Waals surface area contributed by atoms with Crippen molar-refractivity contribution in [1.82, 2.24) is 25.2 Å². The Kier molecular flexibility index (Phi) is 7.68. The molecule has 10 heteroatoms. The minimum Gasteiger partial charge on any atom is -0.356 e. The zero-order valence-electron chi connectivity index (χ0n) is 15.0. The highest BCUT2D eigenvalue weighted by Crippen LogP contribution is 2.37. The first kappa shape index (κ1) is 21.7. The molecule has 1 fully saturated rings. The largest absolute Gasteiger partial charge is 0.391 e. The number of rotatable bonds is 4. The van der Waals surface area contributed by atoms with Gasteiger partial charge in [0.05, 0.1) is 5.92 Å². The summed E-state index contributed by atoms with van der Waals surface area (Å²) in [7, 11) is 1.62. The second-order valence-electron chi connectivity index (χ2n) is 6.54. The molecule has 0 aliphatic heterocycles. The van der Waals surface area contributed by atoms with Crippen LogP contribution in [0.1, 0.15) is 31.5 Å². The van der Waals surface area contributed by atoms with Crippen LogP contribution >= 0.6 is 24.0 Å². The number of hydrogen-bond donors (Lipinski definition) is 2. The smallest absolute Gasteiger partial charge is 0.356 e. The van der Waals surface area contributed by atoms with Crippen LogP contribution in [0.25, 0.3) is 5.65 Å². The highest BCUT2D eigenvalue weighted by Gasteiger charge is 2.42. The van der Waals surface area contributed by atoms with E-state index in [0.717, 1.165) is 17.9 Å². The molecule has 2 N–H and O–H groups in total. The van der Waals surface area contributed by atoms with Crippen molar-refractivity contribution >= 4 is 35.6 Å². The Bertz CT molecular complexity index is 760. The van der Waals surface area contributed by atoms with Gasteiger partial charge in [0.25, 0.3) is 0 Å². The highest BCUT2D eigenvalue weighted by atomic mass is 127. The average molecular weight is 496 g/mol. The molecular weight excluding hydrogens is 472 g/mol. The third kappa shape index (κ3) is 5.69. The van der Waals surface area contributed by atoms with E-state index in [1.807, 2.05) is 28.8 Å². The molecule has 27 heavy (non-hydrogen) atoms. The first-order chi connectivity index (χ1) is 12.5. The van der Waals surface area contributed by atoms with E-state index in [-0.39, 0.29) is 42.9 Å². The van der Waals surface area contributed by atoms with Gasteiger partial charge in [-0.3, -0.25) is 9.39 Å². The van der Waals surface area contributed by atoms with E-state index >= 15 is 0 Å². The molecule has 2 heterocycles. The van der Waals surface area contributed by atoms with Crippen molar-refractivity contribution in [2.75, 3.05) is 13.6 Å². The average Bonchev–Trinajstić information content (AvgIpc) is 3.04. The van der Waals surface area contributed by atoms with Gasteiger partial charge >= 0.3 is 6.18 Å². The van der Waals surface area contributed by atoms with E-state index in [1.165, 1.54) is 0 Å². The summed E-state index contributed by atoms with van der Waals surface area (Å²) in [5, 5.41) is 14.5. The first-order valence-corrected chi connectivity index (χ1v) is 8.80. The van der Waals surface area contributed by atoms with E-state index in [4.69, 9.17) is 0 Å². The van der Waals surface area contributed by atoms with Gasteiger partial charge in [0.1, 0.15) is 5.82 Å². The summed E-state index contributed by atoms with van der Waals surface area (Å²) >= 11 is 0. The maximum Gasteiger partial charge on any atom is 0.391 e. The SMILES string of the molecule is CN=C(NCCc1nnc2ccccn12)NC1CCCC(C(F)(F)F)C1.I. The molecule has 0 saturated heterocycles. The van der Waals surface area contributed by atoms with Gasteiger partial charge in [0, 0.05) is 32.3 Å². The van der Waals surface area contributed by atoms with Gasteiger partial charge < -0.3 is 10.6 Å². The van der Waals surface area contributed by atoms with Gasteiger partial charge in [0.2, 0.25) is 0 Å². The number of nitrogens with zero attached hydrogens (tertiary/aromatic N) is 4. The zero-order chi connectivity index (χ0) is 18.6. The Labute approximate surface area is 173 Å². The van der Waals surface area contributed by atoms with Crippen molar-refractivity contribution in [2.45, 2.75) is 44.3 Å². The van der Waals surface area contributed by atoms with Crippen LogP contribution in [0, 0.1) is 5.92 Å². The lowest BCUT2D eigenvalue weighted by molar-refractivity contribution is -0.183. The van der Waals surface area contributed by atoms with Crippen molar-refractivity contribution in [3.63, 3.8) is 0 Å². The van der Waals surface area contributed by atoms with Crippen LogP contribution in [-0.2, 0) is 6.42 Å². The van der Waals surface area contributed by atoms with Crippen LogP contribution in [0.15, 0.2) is 29.4 Å². The van der Waals surface area contributed by atoms with E-state index < -0.39 is 12.1 Å². The third-order valence-electron chi connectivity index (χ3n) is 4.73. The Morgan fingerprint density at radius 2 is 2.11 bits per heavy atom. The molecule has 2 unspecified atom stereocenters. The lowest BCUT2D eigenvalue weighted by atomic mass is 9.85. The summed E-state index contributed by atoms with van der Waals surface area (Å²) in [6, 6.07) is 5.48. The Balaban J connectivity index is 0.00000261. The van der Waals surface area contributed by atoms with Crippen LogP contribution in [0.5, 0.6) is 0 Å². The van der Waals surface area contributed by atoms with Gasteiger partial charge in [0.15, 0.2) is 11.6 Å². The second-order valence-corrected chi connectivity index (χ2v) is 6.54. The number of aromatic nitrogens is 3. The minimum absolute atomic E-state index is 0. The molecule has 6 nitrogen and oxygen atoms in total. The zero-order valence-corrected chi connectivity index (χ0v) is 17.4. The predicted molar refractivity (Wildman–Crippen MR) is 108 cm³/mol. The molecular formula is C17H24F3IN6. The van der Waals surface area contributed by atoms with Crippen molar-refractivity contribution in [3.05, 3.63) is 30.2 Å². The van der Waals surface area contributed by atoms with Gasteiger partial charge in [-0.15, -0.1) is 34.2 Å². The van der Waals surface area contributed by atoms with Crippen LogP contribution in [0.4, 0.5) is 13.2 Å². The number of aliphatic imine (C=N–C) groups is 1. The summed E-state index contributed by atoms with van der Waals surface area (Å²) < 4.78 is 40.7. The molecule has 0 radical (unpaired) electrons. The first-order valence-electron chi connectivity index (χ1n) is 8.80. The Morgan fingerprint density at radius 3 is 2.85 bits per heavy atom. The van der Waals surface area contributed by atoms with E-state index in [1.54, 1.807) is 7.05 Å². The monoisotopic (exact) mass is 496 g/mol. The molecule has 2 atom stereocenters. The number of halogens is 4. The number of pyridine rings is 1. The topological polar surface area (TPSA) is 66.6 Å². The van der Waals surface area contributed by atoms with Crippen LogP contribution < -0.4 is 10.6 Å². The Hall–Kier alpha value is -1.59. The van der Waals surface area contributed by atoms with Gasteiger partial charge in [-0.2, -0.15) is 13.2 Å². The molecule has 0 bridgehead atoms. The molecule has 1 aliphatic rings. The fourth-order valence-corrected chi connectivity index (χ4v) is 3.36. The van der Waals surface area contributed by atoms with Crippen LogP contribution in [0.3, 0.4) is 0 Å². The maximum atomic E-state index is 12.9. The molecule has 1 aliphatic carbocycles. The van der Waals surface area contributed by atoms with Gasteiger partial charge in [-0.25, -0.2) is 0 Å². The van der Waals surface area contributed by atoms with Crippen LogP contribution in [0.2, 0.25) is 0 Å². The summed E-state index contributed by atoms with van der Waals surface area (Å²) in [5.74, 6) is 0.110.